The van der Waals surface area contributed by atoms with Gasteiger partial charge in [0.15, 0.2) is 0 Å². The lowest BCUT2D eigenvalue weighted by Crippen LogP contribution is -2.37. The molecule has 1 aromatic carbocycles. The number of hydrogen-bond acceptors (Lipinski definition) is 3. The Morgan fingerprint density at radius 1 is 1.16 bits per heavy atom. The normalized spacial score (nSPS) is 16.8. The minimum absolute atomic E-state index is 0.125. The smallest absolute Gasteiger partial charge is 0.243 e. The summed E-state index contributed by atoms with van der Waals surface area (Å²) in [6.07, 6.45) is 8.38. The van der Waals surface area contributed by atoms with Crippen molar-refractivity contribution in [2.24, 2.45) is 0 Å². The topological polar surface area (TPSA) is 77.7 Å². The summed E-state index contributed by atoms with van der Waals surface area (Å²) in [4.78, 5) is 23.8. The number of pyridine rings is 1. The van der Waals surface area contributed by atoms with Crippen molar-refractivity contribution in [2.45, 2.75) is 51.4 Å². The second-order valence-electron chi connectivity index (χ2n) is 8.62. The number of rotatable bonds is 3. The Bertz CT molecular complexity index is 1310. The van der Waals surface area contributed by atoms with Crippen LogP contribution >= 0.6 is 0 Å². The first kappa shape index (κ1) is 18.4. The number of fused-ring (bicyclic) bond motifs is 6. The van der Waals surface area contributed by atoms with E-state index in [-0.39, 0.29) is 5.91 Å². The molecule has 2 aliphatic rings. The van der Waals surface area contributed by atoms with Crippen LogP contribution in [0.5, 0.6) is 0 Å². The van der Waals surface area contributed by atoms with E-state index in [0.717, 1.165) is 60.3 Å². The molecule has 6 rings (SSSR count). The summed E-state index contributed by atoms with van der Waals surface area (Å²) < 4.78 is 0. The van der Waals surface area contributed by atoms with Crippen LogP contribution in [0.4, 0.5) is 11.5 Å². The molecule has 4 heterocycles. The maximum absolute atomic E-state index is 13.8. The van der Waals surface area contributed by atoms with Crippen LogP contribution < -0.4 is 4.90 Å². The molecule has 1 aliphatic heterocycles. The van der Waals surface area contributed by atoms with Crippen molar-refractivity contribution in [1.82, 2.24) is 20.2 Å². The molecule has 0 bridgehead atoms. The minimum Gasteiger partial charge on any atom is -0.353 e. The van der Waals surface area contributed by atoms with Gasteiger partial charge in [-0.2, -0.15) is 5.10 Å². The van der Waals surface area contributed by atoms with Gasteiger partial charge < -0.3 is 4.98 Å². The molecule has 1 aliphatic carbocycles. The number of nitrogens with zero attached hydrogens (tertiary/aromatic N) is 3. The zero-order valence-electron chi connectivity index (χ0n) is 17.8. The number of carbonyl (C=O) groups is 1. The molecule has 0 saturated carbocycles. The van der Waals surface area contributed by atoms with Crippen molar-refractivity contribution >= 4 is 28.3 Å². The van der Waals surface area contributed by atoms with E-state index in [1.807, 2.05) is 29.3 Å². The van der Waals surface area contributed by atoms with Crippen LogP contribution in [0.1, 0.15) is 49.8 Å². The van der Waals surface area contributed by atoms with E-state index < -0.39 is 5.41 Å². The van der Waals surface area contributed by atoms with Crippen LogP contribution in [0.2, 0.25) is 0 Å². The quantitative estimate of drug-likeness (QED) is 0.488. The third kappa shape index (κ3) is 2.36. The SMILES string of the molecule is CCC1(CC)C(=O)N(c2ccccn2)c2cc3c4c([nH]c3cc21)-c1n[nH]cc1CCC4. The first-order chi connectivity index (χ1) is 15.2. The average molecular weight is 412 g/mol. The van der Waals surface area contributed by atoms with Crippen molar-refractivity contribution in [1.29, 1.82) is 0 Å². The molecule has 0 saturated heterocycles. The summed E-state index contributed by atoms with van der Waals surface area (Å²) in [5.74, 6) is 0.813. The molecule has 0 fully saturated rings. The summed E-state index contributed by atoms with van der Waals surface area (Å²) >= 11 is 0. The third-order valence-electron chi connectivity index (χ3n) is 7.31. The largest absolute Gasteiger partial charge is 0.353 e. The molecular weight excluding hydrogens is 386 g/mol. The summed E-state index contributed by atoms with van der Waals surface area (Å²) in [5, 5.41) is 8.75. The van der Waals surface area contributed by atoms with E-state index in [9.17, 15) is 4.79 Å². The fourth-order valence-corrected chi connectivity index (χ4v) is 5.58. The summed E-state index contributed by atoms with van der Waals surface area (Å²) in [5.41, 5.74) is 7.32. The van der Waals surface area contributed by atoms with Gasteiger partial charge in [-0.05, 0) is 73.1 Å². The molecule has 6 heteroatoms. The second-order valence-corrected chi connectivity index (χ2v) is 8.62. The molecule has 3 aromatic heterocycles. The Kier molecular flexibility index (Phi) is 3.88. The van der Waals surface area contributed by atoms with Gasteiger partial charge in [-0.3, -0.25) is 14.8 Å². The van der Waals surface area contributed by atoms with Gasteiger partial charge >= 0.3 is 0 Å². The van der Waals surface area contributed by atoms with Crippen LogP contribution in [0, 0.1) is 0 Å². The van der Waals surface area contributed by atoms with E-state index in [1.54, 1.807) is 6.20 Å². The van der Waals surface area contributed by atoms with Crippen molar-refractivity contribution in [3.63, 3.8) is 0 Å². The Morgan fingerprint density at radius 3 is 2.81 bits per heavy atom. The van der Waals surface area contributed by atoms with Crippen molar-refractivity contribution in [3.8, 4) is 11.4 Å². The van der Waals surface area contributed by atoms with Gasteiger partial charge in [-0.15, -0.1) is 0 Å². The van der Waals surface area contributed by atoms with Crippen LogP contribution in [-0.2, 0) is 23.1 Å². The molecule has 156 valence electrons. The molecule has 1 amide bonds. The highest BCUT2D eigenvalue weighted by atomic mass is 16.2. The van der Waals surface area contributed by atoms with E-state index in [0.29, 0.717) is 5.82 Å². The van der Waals surface area contributed by atoms with Crippen molar-refractivity contribution in [3.05, 3.63) is 59.4 Å². The van der Waals surface area contributed by atoms with Crippen LogP contribution in [0.3, 0.4) is 0 Å². The van der Waals surface area contributed by atoms with Crippen LogP contribution in [0.25, 0.3) is 22.3 Å². The predicted molar refractivity (Wildman–Crippen MR) is 122 cm³/mol. The maximum atomic E-state index is 13.8. The molecule has 31 heavy (non-hydrogen) atoms. The zero-order valence-corrected chi connectivity index (χ0v) is 17.8. The maximum Gasteiger partial charge on any atom is 0.243 e. The molecule has 2 N–H and O–H groups in total. The zero-order chi connectivity index (χ0) is 21.2. The van der Waals surface area contributed by atoms with Gasteiger partial charge in [0, 0.05) is 23.3 Å². The highest BCUT2D eigenvalue weighted by molar-refractivity contribution is 6.14. The lowest BCUT2D eigenvalue weighted by Gasteiger charge is -2.25. The van der Waals surface area contributed by atoms with E-state index in [2.05, 4.69) is 46.1 Å². The fraction of sp³-hybridized carbons (Fsp3) is 0.320. The van der Waals surface area contributed by atoms with Gasteiger partial charge in [-0.1, -0.05) is 19.9 Å². The predicted octanol–water partition coefficient (Wildman–Crippen LogP) is 5.18. The Labute approximate surface area is 180 Å². The number of carbonyl (C=O) groups excluding carboxylic acids is 1. The highest BCUT2D eigenvalue weighted by Crippen LogP contribution is 2.51. The lowest BCUT2D eigenvalue weighted by atomic mass is 9.76. The first-order valence-corrected chi connectivity index (χ1v) is 11.2. The van der Waals surface area contributed by atoms with Crippen LogP contribution in [-0.4, -0.2) is 26.1 Å². The molecule has 0 unspecified atom stereocenters. The van der Waals surface area contributed by atoms with Gasteiger partial charge in [0.25, 0.3) is 0 Å². The molecule has 0 spiro atoms. The highest BCUT2D eigenvalue weighted by Gasteiger charge is 2.49. The first-order valence-electron chi connectivity index (χ1n) is 11.2. The summed E-state index contributed by atoms with van der Waals surface area (Å²) in [6.45, 7) is 4.22. The van der Waals surface area contributed by atoms with Gasteiger partial charge in [0.05, 0.1) is 16.8 Å². The number of amides is 1. The monoisotopic (exact) mass is 411 g/mol. The number of H-pyrrole nitrogens is 2. The molecular formula is C25H25N5O. The number of benzene rings is 1. The van der Waals surface area contributed by atoms with E-state index >= 15 is 0 Å². The van der Waals surface area contributed by atoms with Crippen molar-refractivity contribution in [2.75, 3.05) is 4.90 Å². The lowest BCUT2D eigenvalue weighted by molar-refractivity contribution is -0.122. The number of anilines is 2. The number of nitrogens with one attached hydrogen (secondary N) is 2. The standard InChI is InChI=1S/C25H25N5O/c1-3-25(4-2)18-13-19-17(12-20(18)30(24(25)31)21-10-5-6-11-26-21)16-9-7-8-15-14-27-29-22(15)23(16)28-19/h5-6,10-14,28H,3-4,7-9H2,1-2H3,(H,27,29). The van der Waals surface area contributed by atoms with Gasteiger partial charge in [0.2, 0.25) is 5.91 Å². The van der Waals surface area contributed by atoms with Gasteiger partial charge in [-0.25, -0.2) is 4.98 Å². The molecule has 0 radical (unpaired) electrons. The number of hydrogen-bond donors (Lipinski definition) is 2. The third-order valence-corrected chi connectivity index (χ3v) is 7.31. The number of aromatic nitrogens is 4. The summed E-state index contributed by atoms with van der Waals surface area (Å²) in [7, 11) is 0. The number of aryl methyl sites for hydroxylation is 2. The molecule has 6 nitrogen and oxygen atoms in total. The Hall–Kier alpha value is -3.41. The van der Waals surface area contributed by atoms with E-state index in [4.69, 9.17) is 0 Å². The fourth-order valence-electron chi connectivity index (χ4n) is 5.58. The minimum atomic E-state index is -0.527. The number of aromatic amines is 2. The van der Waals surface area contributed by atoms with Crippen LogP contribution in [0.15, 0.2) is 42.7 Å². The molecule has 4 aromatic rings. The van der Waals surface area contributed by atoms with Crippen molar-refractivity contribution < 1.29 is 4.79 Å². The molecule has 0 atom stereocenters. The second kappa shape index (κ2) is 6.54. The van der Waals surface area contributed by atoms with E-state index in [1.165, 1.54) is 16.5 Å². The summed E-state index contributed by atoms with van der Waals surface area (Å²) in [6, 6.07) is 10.2. The average Bonchev–Trinajstić information content (AvgIpc) is 3.43. The Morgan fingerprint density at radius 2 is 2.03 bits per heavy atom. The Balaban J connectivity index is 1.64. The van der Waals surface area contributed by atoms with Gasteiger partial charge in [0.1, 0.15) is 11.5 Å².